The summed E-state index contributed by atoms with van der Waals surface area (Å²) in [6, 6.07) is 0.489. The van der Waals surface area contributed by atoms with Gasteiger partial charge in [0.15, 0.2) is 0 Å². The van der Waals surface area contributed by atoms with Crippen LogP contribution in [0.5, 0.6) is 0 Å². The smallest absolute Gasteiger partial charge is 0.0729 e. The molecule has 1 saturated heterocycles. The van der Waals surface area contributed by atoms with Crippen LogP contribution in [-0.2, 0) is 4.74 Å². The fraction of sp³-hybridized carbons (Fsp3) is 0.818. The van der Waals surface area contributed by atoms with E-state index in [-0.39, 0.29) is 0 Å². The zero-order chi connectivity index (χ0) is 9.52. The second-order valence-corrected chi connectivity index (χ2v) is 3.41. The first-order chi connectivity index (χ1) is 6.38. The summed E-state index contributed by atoms with van der Waals surface area (Å²) < 4.78 is 5.63. The van der Waals surface area contributed by atoms with Crippen LogP contribution in [0.3, 0.4) is 0 Å². The monoisotopic (exact) mass is 181 g/mol. The van der Waals surface area contributed by atoms with Crippen molar-refractivity contribution in [3.63, 3.8) is 0 Å². The summed E-state index contributed by atoms with van der Waals surface area (Å²) in [5.41, 5.74) is 0. The Labute approximate surface area is 81.0 Å². The van der Waals surface area contributed by atoms with Crippen molar-refractivity contribution >= 4 is 0 Å². The Hall–Kier alpha value is -0.520. The van der Waals surface area contributed by atoms with E-state index < -0.39 is 0 Å². The third-order valence-corrected chi connectivity index (χ3v) is 2.54. The Kier molecular flexibility index (Phi) is 4.88. The summed E-state index contributed by atoms with van der Waals surface area (Å²) in [6.45, 7) is 2.82. The predicted molar refractivity (Wildman–Crippen MR) is 54.5 cm³/mol. The maximum atomic E-state index is 5.63. The standard InChI is InChI=1S/C11H19NO/c1-3-4-5-7-10(12-2)11-8-6-9-13-11/h10-12H,5-9H2,1-2H3. The molecule has 2 atom stereocenters. The van der Waals surface area contributed by atoms with Gasteiger partial charge in [-0.15, -0.1) is 11.8 Å². The number of rotatable bonds is 4. The van der Waals surface area contributed by atoms with Crippen LogP contribution in [0.2, 0.25) is 0 Å². The fourth-order valence-corrected chi connectivity index (χ4v) is 1.79. The Morgan fingerprint density at radius 1 is 1.62 bits per heavy atom. The lowest BCUT2D eigenvalue weighted by Gasteiger charge is -2.21. The van der Waals surface area contributed by atoms with Crippen LogP contribution in [-0.4, -0.2) is 25.8 Å². The molecular weight excluding hydrogens is 162 g/mol. The van der Waals surface area contributed by atoms with Crippen molar-refractivity contribution in [2.75, 3.05) is 13.7 Å². The minimum atomic E-state index is 0.420. The second-order valence-electron chi connectivity index (χ2n) is 3.41. The zero-order valence-corrected chi connectivity index (χ0v) is 8.60. The molecule has 0 aliphatic carbocycles. The molecule has 0 amide bonds. The Bertz CT molecular complexity index is 186. The van der Waals surface area contributed by atoms with Crippen molar-refractivity contribution in [3.8, 4) is 11.8 Å². The van der Waals surface area contributed by atoms with Gasteiger partial charge < -0.3 is 10.1 Å². The van der Waals surface area contributed by atoms with E-state index in [0.717, 1.165) is 19.4 Å². The lowest BCUT2D eigenvalue weighted by atomic mass is 10.0. The van der Waals surface area contributed by atoms with Crippen LogP contribution in [0.15, 0.2) is 0 Å². The molecule has 1 N–H and O–H groups in total. The number of likely N-dealkylation sites (N-methyl/N-ethyl adjacent to an activating group) is 1. The highest BCUT2D eigenvalue weighted by Crippen LogP contribution is 2.18. The van der Waals surface area contributed by atoms with Crippen LogP contribution >= 0.6 is 0 Å². The quantitative estimate of drug-likeness (QED) is 0.664. The maximum absolute atomic E-state index is 5.63. The van der Waals surface area contributed by atoms with E-state index in [9.17, 15) is 0 Å². The van der Waals surface area contributed by atoms with E-state index in [1.165, 1.54) is 12.8 Å². The highest BCUT2D eigenvalue weighted by atomic mass is 16.5. The molecule has 2 unspecified atom stereocenters. The van der Waals surface area contributed by atoms with Crippen LogP contribution < -0.4 is 5.32 Å². The number of nitrogens with one attached hydrogen (secondary N) is 1. The molecule has 2 heteroatoms. The predicted octanol–water partition coefficient (Wildman–Crippen LogP) is 1.56. The van der Waals surface area contributed by atoms with Crippen LogP contribution in [0.25, 0.3) is 0 Å². The SMILES string of the molecule is CC#CCCC(NC)C1CCCO1. The highest BCUT2D eigenvalue weighted by molar-refractivity contribution is 4.96. The molecule has 13 heavy (non-hydrogen) atoms. The Morgan fingerprint density at radius 3 is 3.00 bits per heavy atom. The molecule has 0 spiro atoms. The molecule has 1 aliphatic heterocycles. The normalized spacial score (nSPS) is 23.7. The van der Waals surface area contributed by atoms with Crippen LogP contribution in [0.1, 0.15) is 32.6 Å². The van der Waals surface area contributed by atoms with E-state index >= 15 is 0 Å². The van der Waals surface area contributed by atoms with Crippen molar-refractivity contribution in [2.45, 2.75) is 44.8 Å². The molecule has 0 bridgehead atoms. The first kappa shape index (κ1) is 10.6. The van der Waals surface area contributed by atoms with Crippen molar-refractivity contribution in [1.29, 1.82) is 0 Å². The summed E-state index contributed by atoms with van der Waals surface area (Å²) in [4.78, 5) is 0. The second kappa shape index (κ2) is 6.01. The largest absolute Gasteiger partial charge is 0.377 e. The van der Waals surface area contributed by atoms with Gasteiger partial charge in [0.25, 0.3) is 0 Å². The molecule has 0 saturated carbocycles. The summed E-state index contributed by atoms with van der Waals surface area (Å²) >= 11 is 0. The van der Waals surface area contributed by atoms with Gasteiger partial charge in [-0.1, -0.05) is 0 Å². The zero-order valence-electron chi connectivity index (χ0n) is 8.60. The van der Waals surface area contributed by atoms with Crippen LogP contribution in [0.4, 0.5) is 0 Å². The van der Waals surface area contributed by atoms with Crippen molar-refractivity contribution in [2.24, 2.45) is 0 Å². The average Bonchev–Trinajstić information content (AvgIpc) is 2.65. The number of ether oxygens (including phenoxy) is 1. The topological polar surface area (TPSA) is 21.3 Å². The summed E-state index contributed by atoms with van der Waals surface area (Å²) in [5.74, 6) is 6.01. The summed E-state index contributed by atoms with van der Waals surface area (Å²) in [5, 5.41) is 3.31. The van der Waals surface area contributed by atoms with E-state index in [4.69, 9.17) is 4.74 Å². The average molecular weight is 181 g/mol. The molecule has 74 valence electrons. The third-order valence-electron chi connectivity index (χ3n) is 2.54. The molecule has 0 radical (unpaired) electrons. The molecular formula is C11H19NO. The minimum absolute atomic E-state index is 0.420. The maximum Gasteiger partial charge on any atom is 0.0729 e. The van der Waals surface area contributed by atoms with Crippen molar-refractivity contribution < 1.29 is 4.74 Å². The molecule has 2 nitrogen and oxygen atoms in total. The van der Waals surface area contributed by atoms with E-state index in [1.54, 1.807) is 0 Å². The van der Waals surface area contributed by atoms with Crippen LogP contribution in [0, 0.1) is 11.8 Å². The van der Waals surface area contributed by atoms with E-state index in [0.29, 0.717) is 12.1 Å². The number of hydrogen-bond donors (Lipinski definition) is 1. The fourth-order valence-electron chi connectivity index (χ4n) is 1.79. The molecule has 1 rings (SSSR count). The molecule has 0 aromatic heterocycles. The third kappa shape index (κ3) is 3.38. The molecule has 1 heterocycles. The molecule has 0 aromatic carbocycles. The van der Waals surface area contributed by atoms with Gasteiger partial charge in [0.2, 0.25) is 0 Å². The van der Waals surface area contributed by atoms with E-state index in [2.05, 4.69) is 17.2 Å². The van der Waals surface area contributed by atoms with Crippen molar-refractivity contribution in [3.05, 3.63) is 0 Å². The lowest BCUT2D eigenvalue weighted by molar-refractivity contribution is 0.0786. The molecule has 0 aromatic rings. The first-order valence-corrected chi connectivity index (χ1v) is 5.07. The van der Waals surface area contributed by atoms with Gasteiger partial charge in [-0.3, -0.25) is 0 Å². The number of hydrogen-bond acceptors (Lipinski definition) is 2. The lowest BCUT2D eigenvalue weighted by Crippen LogP contribution is -2.37. The van der Waals surface area contributed by atoms with Gasteiger partial charge in [0, 0.05) is 19.1 Å². The van der Waals surface area contributed by atoms with Gasteiger partial charge >= 0.3 is 0 Å². The van der Waals surface area contributed by atoms with Gasteiger partial charge in [-0.05, 0) is 33.2 Å². The van der Waals surface area contributed by atoms with Crippen molar-refractivity contribution in [1.82, 2.24) is 5.32 Å². The van der Waals surface area contributed by atoms with E-state index in [1.807, 2.05) is 14.0 Å². The minimum Gasteiger partial charge on any atom is -0.377 e. The summed E-state index contributed by atoms with van der Waals surface area (Å²) in [7, 11) is 2.01. The van der Waals surface area contributed by atoms with Gasteiger partial charge in [-0.2, -0.15) is 0 Å². The summed E-state index contributed by atoms with van der Waals surface area (Å²) in [6.07, 6.45) is 4.90. The molecule has 1 aliphatic rings. The Balaban J connectivity index is 2.27. The highest BCUT2D eigenvalue weighted by Gasteiger charge is 2.23. The Morgan fingerprint density at radius 2 is 2.46 bits per heavy atom. The first-order valence-electron chi connectivity index (χ1n) is 5.07. The van der Waals surface area contributed by atoms with Gasteiger partial charge in [0.1, 0.15) is 0 Å². The molecule has 1 fully saturated rings. The van der Waals surface area contributed by atoms with Gasteiger partial charge in [0.05, 0.1) is 6.10 Å². The van der Waals surface area contributed by atoms with Gasteiger partial charge in [-0.25, -0.2) is 0 Å².